The second kappa shape index (κ2) is 5.94. The monoisotopic (exact) mass is 276 g/mol. The van der Waals surface area contributed by atoms with E-state index in [0.29, 0.717) is 17.1 Å². The Kier molecular flexibility index (Phi) is 4.26. The smallest absolute Gasteiger partial charge is 0.233 e. The van der Waals surface area contributed by atoms with E-state index in [1.165, 1.54) is 13.2 Å². The molecule has 0 spiro atoms. The number of hydrogen-bond donors (Lipinski definition) is 2. The molecule has 0 amide bonds. The van der Waals surface area contributed by atoms with E-state index in [0.717, 1.165) is 11.1 Å². The van der Waals surface area contributed by atoms with Gasteiger partial charge in [0, 0.05) is 11.6 Å². The highest BCUT2D eigenvalue weighted by Gasteiger charge is 2.21. The van der Waals surface area contributed by atoms with E-state index in [9.17, 15) is 4.39 Å². The number of aromatic nitrogens is 2. The standard InChI is InChI=1S/C14H17FN4O/c1-8-6-9(2)13(10(15)7-8)14(17-16)11-4-5-12(20-3)19-18-11/h4-7,14,17H,16H2,1-3H3. The summed E-state index contributed by atoms with van der Waals surface area (Å²) in [5, 5.41) is 7.90. The zero-order chi connectivity index (χ0) is 14.7. The molecule has 0 fully saturated rings. The summed E-state index contributed by atoms with van der Waals surface area (Å²) in [6, 6.07) is 6.18. The van der Waals surface area contributed by atoms with Crippen LogP contribution < -0.4 is 16.0 Å². The minimum atomic E-state index is -0.561. The number of methoxy groups -OCH3 is 1. The van der Waals surface area contributed by atoms with Gasteiger partial charge in [0.15, 0.2) is 0 Å². The van der Waals surface area contributed by atoms with Crippen molar-refractivity contribution in [2.75, 3.05) is 7.11 Å². The number of hydrogen-bond acceptors (Lipinski definition) is 5. The quantitative estimate of drug-likeness (QED) is 0.658. The van der Waals surface area contributed by atoms with Crippen LogP contribution in [0, 0.1) is 19.7 Å². The number of ether oxygens (including phenoxy) is 1. The molecule has 0 radical (unpaired) electrons. The van der Waals surface area contributed by atoms with Gasteiger partial charge in [0.05, 0.1) is 18.8 Å². The summed E-state index contributed by atoms with van der Waals surface area (Å²) >= 11 is 0. The van der Waals surface area contributed by atoms with Gasteiger partial charge in [-0.05, 0) is 37.1 Å². The number of aryl methyl sites for hydroxylation is 2. The van der Waals surface area contributed by atoms with Crippen molar-refractivity contribution in [2.24, 2.45) is 5.84 Å². The fraction of sp³-hybridized carbons (Fsp3) is 0.286. The molecule has 106 valence electrons. The van der Waals surface area contributed by atoms with E-state index in [2.05, 4.69) is 15.6 Å². The van der Waals surface area contributed by atoms with Crippen LogP contribution in [-0.4, -0.2) is 17.3 Å². The molecule has 0 aliphatic carbocycles. The van der Waals surface area contributed by atoms with Crippen LogP contribution >= 0.6 is 0 Å². The SMILES string of the molecule is COc1ccc(C(NN)c2c(C)cc(C)cc2F)nn1. The molecular formula is C14H17FN4O. The van der Waals surface area contributed by atoms with Gasteiger partial charge in [-0.15, -0.1) is 10.2 Å². The van der Waals surface area contributed by atoms with Crippen molar-refractivity contribution >= 4 is 0 Å². The summed E-state index contributed by atoms with van der Waals surface area (Å²) in [5.41, 5.74) is 5.26. The zero-order valence-electron chi connectivity index (χ0n) is 11.6. The average Bonchev–Trinajstić information content (AvgIpc) is 2.43. The second-order valence-corrected chi connectivity index (χ2v) is 4.58. The Bertz CT molecular complexity index is 578. The number of benzene rings is 1. The molecule has 0 bridgehead atoms. The van der Waals surface area contributed by atoms with Crippen molar-refractivity contribution in [1.82, 2.24) is 15.6 Å². The number of nitrogens with two attached hydrogens (primary N) is 1. The maximum Gasteiger partial charge on any atom is 0.233 e. The third-order valence-corrected chi connectivity index (χ3v) is 3.10. The van der Waals surface area contributed by atoms with Crippen molar-refractivity contribution in [3.63, 3.8) is 0 Å². The molecule has 1 atom stereocenters. The predicted octanol–water partition coefficient (Wildman–Crippen LogP) is 1.79. The zero-order valence-corrected chi connectivity index (χ0v) is 11.6. The first-order valence-electron chi connectivity index (χ1n) is 6.17. The van der Waals surface area contributed by atoms with Gasteiger partial charge in [-0.1, -0.05) is 6.07 Å². The first-order chi connectivity index (χ1) is 9.56. The molecule has 0 saturated heterocycles. The van der Waals surface area contributed by atoms with Crippen LogP contribution in [0.2, 0.25) is 0 Å². The summed E-state index contributed by atoms with van der Waals surface area (Å²) < 4.78 is 19.2. The molecule has 1 aromatic heterocycles. The highest BCUT2D eigenvalue weighted by atomic mass is 19.1. The number of nitrogens with zero attached hydrogens (tertiary/aromatic N) is 2. The van der Waals surface area contributed by atoms with Gasteiger partial charge in [-0.3, -0.25) is 5.84 Å². The van der Waals surface area contributed by atoms with Crippen molar-refractivity contribution in [2.45, 2.75) is 19.9 Å². The topological polar surface area (TPSA) is 73.1 Å². The highest BCUT2D eigenvalue weighted by Crippen LogP contribution is 2.27. The summed E-state index contributed by atoms with van der Waals surface area (Å²) in [6.07, 6.45) is 0. The summed E-state index contributed by atoms with van der Waals surface area (Å²) in [6.45, 7) is 3.69. The molecule has 0 saturated carbocycles. The summed E-state index contributed by atoms with van der Waals surface area (Å²) in [4.78, 5) is 0. The molecule has 5 nitrogen and oxygen atoms in total. The molecule has 2 rings (SSSR count). The first-order valence-corrected chi connectivity index (χ1v) is 6.17. The molecule has 6 heteroatoms. The number of halogens is 1. The lowest BCUT2D eigenvalue weighted by atomic mass is 9.96. The predicted molar refractivity (Wildman–Crippen MR) is 73.6 cm³/mol. The van der Waals surface area contributed by atoms with Crippen LogP contribution in [0.15, 0.2) is 24.3 Å². The molecule has 3 N–H and O–H groups in total. The summed E-state index contributed by atoms with van der Waals surface area (Å²) in [5.74, 6) is 5.65. The van der Waals surface area contributed by atoms with Crippen LogP contribution in [0.1, 0.15) is 28.4 Å². The Balaban J connectivity index is 2.46. The van der Waals surface area contributed by atoms with E-state index in [1.807, 2.05) is 19.9 Å². The maximum absolute atomic E-state index is 14.2. The van der Waals surface area contributed by atoms with Gasteiger partial charge in [0.1, 0.15) is 5.82 Å². The van der Waals surface area contributed by atoms with Crippen LogP contribution in [0.3, 0.4) is 0 Å². The van der Waals surface area contributed by atoms with Gasteiger partial charge in [0.2, 0.25) is 5.88 Å². The molecule has 0 aliphatic rings. The molecular weight excluding hydrogens is 259 g/mol. The van der Waals surface area contributed by atoms with Gasteiger partial charge in [-0.2, -0.15) is 0 Å². The maximum atomic E-state index is 14.2. The van der Waals surface area contributed by atoms with Crippen molar-refractivity contribution in [1.29, 1.82) is 0 Å². The molecule has 1 aromatic carbocycles. The Morgan fingerprint density at radius 2 is 2.00 bits per heavy atom. The van der Waals surface area contributed by atoms with Crippen LogP contribution in [0.4, 0.5) is 4.39 Å². The molecule has 0 aliphatic heterocycles. The lowest BCUT2D eigenvalue weighted by molar-refractivity contribution is 0.390. The Hall–Kier alpha value is -2.05. The molecule has 2 aromatic rings. The van der Waals surface area contributed by atoms with Gasteiger partial charge < -0.3 is 4.74 Å². The van der Waals surface area contributed by atoms with Gasteiger partial charge >= 0.3 is 0 Å². The highest BCUT2D eigenvalue weighted by molar-refractivity contribution is 5.38. The van der Waals surface area contributed by atoms with E-state index < -0.39 is 6.04 Å². The minimum absolute atomic E-state index is 0.317. The van der Waals surface area contributed by atoms with Crippen molar-refractivity contribution in [3.8, 4) is 5.88 Å². The Labute approximate surface area is 116 Å². The third kappa shape index (κ3) is 2.76. The van der Waals surface area contributed by atoms with Crippen LogP contribution in [-0.2, 0) is 0 Å². The van der Waals surface area contributed by atoms with Crippen molar-refractivity contribution < 1.29 is 9.13 Å². The van der Waals surface area contributed by atoms with Crippen LogP contribution in [0.25, 0.3) is 0 Å². The normalized spacial score (nSPS) is 12.2. The van der Waals surface area contributed by atoms with E-state index in [-0.39, 0.29) is 5.82 Å². The van der Waals surface area contributed by atoms with E-state index in [4.69, 9.17) is 10.6 Å². The Morgan fingerprint density at radius 1 is 1.25 bits per heavy atom. The largest absolute Gasteiger partial charge is 0.480 e. The number of rotatable bonds is 4. The fourth-order valence-electron chi connectivity index (χ4n) is 2.20. The fourth-order valence-corrected chi connectivity index (χ4v) is 2.20. The molecule has 20 heavy (non-hydrogen) atoms. The van der Waals surface area contributed by atoms with E-state index in [1.54, 1.807) is 12.1 Å². The second-order valence-electron chi connectivity index (χ2n) is 4.58. The van der Waals surface area contributed by atoms with Gasteiger partial charge in [0.25, 0.3) is 0 Å². The average molecular weight is 276 g/mol. The lowest BCUT2D eigenvalue weighted by Crippen LogP contribution is -2.31. The van der Waals surface area contributed by atoms with Crippen molar-refractivity contribution in [3.05, 3.63) is 52.5 Å². The molecule has 1 unspecified atom stereocenters. The van der Waals surface area contributed by atoms with Gasteiger partial charge in [-0.25, -0.2) is 9.82 Å². The number of nitrogens with one attached hydrogen (secondary N) is 1. The Morgan fingerprint density at radius 3 is 2.50 bits per heavy atom. The third-order valence-electron chi connectivity index (χ3n) is 3.10. The molecule has 1 heterocycles. The summed E-state index contributed by atoms with van der Waals surface area (Å²) in [7, 11) is 1.51. The van der Waals surface area contributed by atoms with E-state index >= 15 is 0 Å². The number of hydrazine groups is 1. The lowest BCUT2D eigenvalue weighted by Gasteiger charge is -2.19. The van der Waals surface area contributed by atoms with Crippen LogP contribution in [0.5, 0.6) is 5.88 Å². The minimum Gasteiger partial charge on any atom is -0.480 e. The first kappa shape index (κ1) is 14.4.